The fraction of sp³-hybridized carbons (Fsp3) is 0.353. The van der Waals surface area contributed by atoms with E-state index in [1.807, 2.05) is 12.2 Å². The summed E-state index contributed by atoms with van der Waals surface area (Å²) in [5.74, 6) is 0.0508. The van der Waals surface area contributed by atoms with Crippen LogP contribution in [0.2, 0.25) is 0 Å². The van der Waals surface area contributed by atoms with Crippen molar-refractivity contribution in [1.29, 1.82) is 0 Å². The molecule has 128 valence electrons. The van der Waals surface area contributed by atoms with Gasteiger partial charge in [0.2, 0.25) is 0 Å². The summed E-state index contributed by atoms with van der Waals surface area (Å²) < 4.78 is 5.24. The van der Waals surface area contributed by atoms with Gasteiger partial charge in [-0.15, -0.1) is 0 Å². The number of carboxylic acids is 1. The Labute approximate surface area is 146 Å². The number of hydrogen-bond acceptors (Lipinski definition) is 5. The molecule has 0 spiro atoms. The fourth-order valence-corrected chi connectivity index (χ4v) is 2.66. The maximum atomic E-state index is 12.9. The maximum Gasteiger partial charge on any atom is 0.328 e. The van der Waals surface area contributed by atoms with Crippen LogP contribution < -0.4 is 4.74 Å². The smallest absolute Gasteiger partial charge is 0.328 e. The summed E-state index contributed by atoms with van der Waals surface area (Å²) in [6.07, 6.45) is 4.46. The fourth-order valence-electron chi connectivity index (χ4n) is 2.42. The van der Waals surface area contributed by atoms with Crippen molar-refractivity contribution in [3.05, 3.63) is 42.0 Å². The van der Waals surface area contributed by atoms with Gasteiger partial charge < -0.3 is 9.84 Å². The van der Waals surface area contributed by atoms with E-state index in [-0.39, 0.29) is 5.91 Å². The summed E-state index contributed by atoms with van der Waals surface area (Å²) in [5, 5.41) is 9.28. The highest BCUT2D eigenvalue weighted by Crippen LogP contribution is 2.21. The molecular formula is C17H20N2O4S. The zero-order valence-corrected chi connectivity index (χ0v) is 14.3. The van der Waals surface area contributed by atoms with Crippen molar-refractivity contribution in [2.24, 2.45) is 4.99 Å². The van der Waals surface area contributed by atoms with Gasteiger partial charge in [0.1, 0.15) is 17.6 Å². The molecule has 0 unspecified atom stereocenters. The van der Waals surface area contributed by atoms with Gasteiger partial charge >= 0.3 is 5.97 Å². The highest BCUT2D eigenvalue weighted by Gasteiger charge is 2.26. The van der Waals surface area contributed by atoms with Crippen LogP contribution in [-0.2, 0) is 4.79 Å². The van der Waals surface area contributed by atoms with E-state index in [9.17, 15) is 14.7 Å². The molecule has 0 radical (unpaired) electrons. The first-order chi connectivity index (χ1) is 11.6. The molecule has 1 aromatic rings. The second kappa shape index (κ2) is 8.54. The number of amidine groups is 1. The number of carbonyl (C=O) groups excluding carboxylic acids is 1. The van der Waals surface area contributed by atoms with E-state index in [0.29, 0.717) is 42.3 Å². The highest BCUT2D eigenvalue weighted by atomic mass is 32.1. The van der Waals surface area contributed by atoms with Crippen molar-refractivity contribution < 1.29 is 19.4 Å². The molecule has 0 saturated carbocycles. The van der Waals surface area contributed by atoms with Gasteiger partial charge in [-0.1, -0.05) is 24.3 Å². The summed E-state index contributed by atoms with van der Waals surface area (Å²) in [4.78, 5) is 30.0. The Hall–Kier alpha value is -2.28. The lowest BCUT2D eigenvalue weighted by Crippen LogP contribution is -2.40. The number of rotatable bonds is 6. The van der Waals surface area contributed by atoms with Gasteiger partial charge in [-0.3, -0.25) is 14.7 Å². The standard InChI is InChI=1S/C17H20N2O4S/c1-23-14-7-3-2-6-12(14)16(20)19-10-5-4-8-15(19)18-13(9-11-24)17(21)22/h2-7,13,24H,8-11H2,1H3,(H,21,22)/t13-/m0/s1. The Morgan fingerprint density at radius 2 is 2.12 bits per heavy atom. The zero-order valence-electron chi connectivity index (χ0n) is 13.4. The molecule has 0 fully saturated rings. The molecule has 1 N–H and O–H groups in total. The van der Waals surface area contributed by atoms with Gasteiger partial charge in [-0.2, -0.15) is 12.6 Å². The molecule has 1 atom stereocenters. The second-order valence-electron chi connectivity index (χ2n) is 5.20. The van der Waals surface area contributed by atoms with Crippen molar-refractivity contribution in [1.82, 2.24) is 4.90 Å². The third-order valence-electron chi connectivity index (χ3n) is 3.64. The molecule has 1 aliphatic rings. The van der Waals surface area contributed by atoms with Crippen LogP contribution >= 0.6 is 12.6 Å². The van der Waals surface area contributed by atoms with Crippen LogP contribution in [-0.4, -0.2) is 53.2 Å². The van der Waals surface area contributed by atoms with Crippen LogP contribution in [0.5, 0.6) is 5.75 Å². The zero-order chi connectivity index (χ0) is 17.5. The first kappa shape index (κ1) is 18.1. The molecule has 0 aromatic heterocycles. The van der Waals surface area contributed by atoms with E-state index in [2.05, 4.69) is 17.6 Å². The van der Waals surface area contributed by atoms with Crippen molar-refractivity contribution in [2.75, 3.05) is 19.4 Å². The van der Waals surface area contributed by atoms with E-state index >= 15 is 0 Å². The summed E-state index contributed by atoms with van der Waals surface area (Å²) >= 11 is 4.08. The number of hydrogen-bond donors (Lipinski definition) is 2. The van der Waals surface area contributed by atoms with Crippen LogP contribution in [0.15, 0.2) is 41.4 Å². The lowest BCUT2D eigenvalue weighted by atomic mass is 10.1. The number of carboxylic acid groups (broad SMARTS) is 1. The number of thiol groups is 1. The summed E-state index contributed by atoms with van der Waals surface area (Å²) in [7, 11) is 1.50. The molecule has 0 aliphatic carbocycles. The van der Waals surface area contributed by atoms with Crippen LogP contribution in [0.25, 0.3) is 0 Å². The van der Waals surface area contributed by atoms with E-state index in [1.54, 1.807) is 24.3 Å². The Balaban J connectivity index is 2.34. The average Bonchev–Trinajstić information content (AvgIpc) is 2.61. The Morgan fingerprint density at radius 1 is 1.38 bits per heavy atom. The van der Waals surface area contributed by atoms with Crippen molar-refractivity contribution in [3.8, 4) is 5.75 Å². The molecule has 24 heavy (non-hydrogen) atoms. The lowest BCUT2D eigenvalue weighted by Gasteiger charge is -2.27. The third kappa shape index (κ3) is 4.17. The molecule has 7 heteroatoms. The molecule has 1 aromatic carbocycles. The summed E-state index contributed by atoms with van der Waals surface area (Å²) in [6.45, 7) is 0.350. The van der Waals surface area contributed by atoms with Gasteiger partial charge in [0, 0.05) is 13.0 Å². The molecule has 1 amide bonds. The maximum absolute atomic E-state index is 12.9. The predicted octanol–water partition coefficient (Wildman–Crippen LogP) is 2.27. The molecule has 2 rings (SSSR count). The number of aliphatic imine (C=N–C) groups is 1. The van der Waals surface area contributed by atoms with Gasteiger partial charge in [-0.05, 0) is 24.3 Å². The Morgan fingerprint density at radius 3 is 2.79 bits per heavy atom. The molecule has 1 heterocycles. The first-order valence-electron chi connectivity index (χ1n) is 7.58. The number of methoxy groups -OCH3 is 1. The van der Waals surface area contributed by atoms with Crippen molar-refractivity contribution >= 4 is 30.3 Å². The number of amides is 1. The van der Waals surface area contributed by atoms with Crippen LogP contribution in [0, 0.1) is 0 Å². The number of ether oxygens (including phenoxy) is 1. The minimum absolute atomic E-state index is 0.259. The number of para-hydroxylation sites is 1. The summed E-state index contributed by atoms with van der Waals surface area (Å²) in [6, 6.07) is 6.03. The average molecular weight is 348 g/mol. The van der Waals surface area contributed by atoms with Crippen molar-refractivity contribution in [2.45, 2.75) is 18.9 Å². The van der Waals surface area contributed by atoms with Crippen LogP contribution in [0.3, 0.4) is 0 Å². The molecule has 0 bridgehead atoms. The van der Waals surface area contributed by atoms with Gasteiger partial charge in [0.25, 0.3) is 5.91 Å². The number of benzene rings is 1. The van der Waals surface area contributed by atoms with Gasteiger partial charge in [0.15, 0.2) is 0 Å². The predicted molar refractivity (Wildman–Crippen MR) is 95.1 cm³/mol. The number of nitrogens with zero attached hydrogens (tertiary/aromatic N) is 2. The van der Waals surface area contributed by atoms with Crippen molar-refractivity contribution in [3.63, 3.8) is 0 Å². The van der Waals surface area contributed by atoms with Crippen LogP contribution in [0.1, 0.15) is 23.2 Å². The SMILES string of the molecule is COc1ccccc1C(=O)N1CC=CCC1=N[C@@H](CCS)C(=O)O. The third-order valence-corrected chi connectivity index (χ3v) is 3.90. The lowest BCUT2D eigenvalue weighted by molar-refractivity contribution is -0.138. The van der Waals surface area contributed by atoms with Gasteiger partial charge in [-0.25, -0.2) is 4.79 Å². The Bertz CT molecular complexity index is 672. The molecule has 6 nitrogen and oxygen atoms in total. The van der Waals surface area contributed by atoms with Gasteiger partial charge in [0.05, 0.1) is 12.7 Å². The number of aliphatic carboxylic acids is 1. The number of carbonyl (C=O) groups is 2. The van der Waals surface area contributed by atoms with E-state index in [0.717, 1.165) is 0 Å². The normalized spacial score (nSPS) is 16.9. The molecular weight excluding hydrogens is 328 g/mol. The molecule has 0 saturated heterocycles. The largest absolute Gasteiger partial charge is 0.496 e. The van der Waals surface area contributed by atoms with E-state index in [1.165, 1.54) is 12.0 Å². The second-order valence-corrected chi connectivity index (χ2v) is 5.65. The highest BCUT2D eigenvalue weighted by molar-refractivity contribution is 7.80. The molecule has 1 aliphatic heterocycles. The topological polar surface area (TPSA) is 79.2 Å². The summed E-state index contributed by atoms with van der Waals surface area (Å²) in [5.41, 5.74) is 0.420. The first-order valence-corrected chi connectivity index (χ1v) is 8.22. The minimum Gasteiger partial charge on any atom is -0.496 e. The Kier molecular flexibility index (Phi) is 6.43. The van der Waals surface area contributed by atoms with E-state index in [4.69, 9.17) is 4.74 Å². The minimum atomic E-state index is -1.02. The van der Waals surface area contributed by atoms with E-state index < -0.39 is 12.0 Å². The monoisotopic (exact) mass is 348 g/mol. The quantitative estimate of drug-likeness (QED) is 0.610. The van der Waals surface area contributed by atoms with Crippen LogP contribution in [0.4, 0.5) is 0 Å².